The Labute approximate surface area is 146 Å². The second kappa shape index (κ2) is 9.70. The lowest BCUT2D eigenvalue weighted by atomic mass is 9.85. The number of aliphatic imine (C=N–C) groups is 1. The summed E-state index contributed by atoms with van der Waals surface area (Å²) in [6.45, 7) is 1.49. The predicted molar refractivity (Wildman–Crippen MR) is 89.5 cm³/mol. The monoisotopic (exact) mass is 361 g/mol. The lowest BCUT2D eigenvalue weighted by molar-refractivity contribution is -0.183. The van der Waals surface area contributed by atoms with Crippen LogP contribution in [0.15, 0.2) is 27.8 Å². The fourth-order valence-electron chi connectivity index (χ4n) is 2.97. The first-order valence-electron chi connectivity index (χ1n) is 8.62. The Hall–Kier alpha value is -1.70. The van der Waals surface area contributed by atoms with Crippen molar-refractivity contribution >= 4 is 5.96 Å². The minimum atomic E-state index is -4.12. The lowest BCUT2D eigenvalue weighted by Crippen LogP contribution is -2.47. The molecular formula is C17H26F3N3O2. The van der Waals surface area contributed by atoms with Gasteiger partial charge in [-0.1, -0.05) is 6.42 Å². The van der Waals surface area contributed by atoms with Crippen molar-refractivity contribution in [3.63, 3.8) is 0 Å². The van der Waals surface area contributed by atoms with Gasteiger partial charge in [0.05, 0.1) is 25.3 Å². The van der Waals surface area contributed by atoms with E-state index in [1.165, 1.54) is 0 Å². The molecule has 2 rings (SSSR count). The van der Waals surface area contributed by atoms with Gasteiger partial charge in [0, 0.05) is 26.1 Å². The molecular weight excluding hydrogens is 335 g/mol. The zero-order chi connectivity index (χ0) is 18.1. The van der Waals surface area contributed by atoms with Crippen molar-refractivity contribution in [1.29, 1.82) is 0 Å². The van der Waals surface area contributed by atoms with E-state index in [9.17, 15) is 13.2 Å². The Morgan fingerprint density at radius 3 is 2.92 bits per heavy atom. The summed E-state index contributed by atoms with van der Waals surface area (Å²) in [7, 11) is 1.59. The molecule has 8 heteroatoms. The van der Waals surface area contributed by atoms with Crippen LogP contribution in [0.25, 0.3) is 0 Å². The molecule has 1 saturated carbocycles. The van der Waals surface area contributed by atoms with Crippen molar-refractivity contribution in [2.45, 2.75) is 44.3 Å². The summed E-state index contributed by atoms with van der Waals surface area (Å²) in [5, 5.41) is 6.31. The highest BCUT2D eigenvalue weighted by Crippen LogP contribution is 2.37. The number of halogens is 3. The van der Waals surface area contributed by atoms with Gasteiger partial charge in [-0.2, -0.15) is 13.2 Å². The Kier molecular flexibility index (Phi) is 7.61. The average molecular weight is 361 g/mol. The number of rotatable bonds is 7. The van der Waals surface area contributed by atoms with Gasteiger partial charge in [-0.15, -0.1) is 0 Å². The molecule has 0 aliphatic heterocycles. The molecule has 2 atom stereocenters. The molecule has 0 bridgehead atoms. The molecule has 0 amide bonds. The van der Waals surface area contributed by atoms with Crippen molar-refractivity contribution in [3.8, 4) is 0 Å². The average Bonchev–Trinajstić information content (AvgIpc) is 3.08. The molecule has 0 saturated heterocycles. The van der Waals surface area contributed by atoms with Crippen LogP contribution in [0.3, 0.4) is 0 Å². The highest BCUT2D eigenvalue weighted by atomic mass is 19.4. The fourth-order valence-corrected chi connectivity index (χ4v) is 2.97. The summed E-state index contributed by atoms with van der Waals surface area (Å²) in [5.74, 6) is 0.136. The summed E-state index contributed by atoms with van der Waals surface area (Å²) in [5.41, 5.74) is 0. The van der Waals surface area contributed by atoms with Crippen LogP contribution in [0.2, 0.25) is 0 Å². The van der Waals surface area contributed by atoms with E-state index in [2.05, 4.69) is 15.6 Å². The number of hydrogen-bond acceptors (Lipinski definition) is 3. The van der Waals surface area contributed by atoms with Crippen LogP contribution in [-0.2, 0) is 11.2 Å². The van der Waals surface area contributed by atoms with Gasteiger partial charge in [-0.3, -0.25) is 4.99 Å². The Morgan fingerprint density at radius 1 is 1.40 bits per heavy atom. The second-order valence-electron chi connectivity index (χ2n) is 6.23. The summed E-state index contributed by atoms with van der Waals surface area (Å²) >= 11 is 0. The van der Waals surface area contributed by atoms with E-state index in [1.54, 1.807) is 13.4 Å². The largest absolute Gasteiger partial charge is 0.469 e. The molecule has 5 nitrogen and oxygen atoms in total. The molecule has 2 N–H and O–H groups in total. The molecule has 142 valence electrons. The lowest BCUT2D eigenvalue weighted by Gasteiger charge is -2.32. The van der Waals surface area contributed by atoms with Crippen molar-refractivity contribution in [2.75, 3.05) is 26.8 Å². The molecule has 1 aromatic heterocycles. The molecule has 1 aromatic rings. The van der Waals surface area contributed by atoms with Crippen molar-refractivity contribution in [2.24, 2.45) is 10.9 Å². The number of methoxy groups -OCH3 is 1. The van der Waals surface area contributed by atoms with E-state index in [4.69, 9.17) is 9.15 Å². The van der Waals surface area contributed by atoms with Crippen molar-refractivity contribution in [3.05, 3.63) is 24.2 Å². The van der Waals surface area contributed by atoms with E-state index < -0.39 is 12.1 Å². The molecule has 1 aliphatic rings. The van der Waals surface area contributed by atoms with Gasteiger partial charge >= 0.3 is 6.18 Å². The van der Waals surface area contributed by atoms with Crippen LogP contribution >= 0.6 is 0 Å². The zero-order valence-electron chi connectivity index (χ0n) is 14.4. The Balaban J connectivity index is 1.87. The van der Waals surface area contributed by atoms with Gasteiger partial charge in [-0.05, 0) is 31.4 Å². The molecule has 1 aliphatic carbocycles. The molecule has 0 radical (unpaired) electrons. The molecule has 2 unspecified atom stereocenters. The fraction of sp³-hybridized carbons (Fsp3) is 0.706. The first-order valence-corrected chi connectivity index (χ1v) is 8.62. The number of furan rings is 1. The highest BCUT2D eigenvalue weighted by Gasteiger charge is 2.42. The SMILES string of the molecule is COCCN=C(NCCc1ccco1)NC1CCCC(C(F)(F)F)C1. The van der Waals surface area contributed by atoms with Gasteiger partial charge in [-0.25, -0.2) is 0 Å². The molecule has 1 heterocycles. The first kappa shape index (κ1) is 19.6. The Bertz CT molecular complexity index is 518. The number of guanidine groups is 1. The normalized spacial score (nSPS) is 22.0. The quantitative estimate of drug-likeness (QED) is 0.445. The Morgan fingerprint density at radius 2 is 2.24 bits per heavy atom. The van der Waals surface area contributed by atoms with E-state index in [-0.39, 0.29) is 18.9 Å². The maximum absolute atomic E-state index is 13.0. The number of nitrogens with zero attached hydrogens (tertiary/aromatic N) is 1. The van der Waals surface area contributed by atoms with Crippen LogP contribution in [-0.4, -0.2) is 45.0 Å². The number of ether oxygens (including phenoxy) is 1. The number of hydrogen-bond donors (Lipinski definition) is 2. The standard InChI is InChI=1S/C17H26F3N3O2/c1-24-11-9-22-16(21-8-7-15-6-3-10-25-15)23-14-5-2-4-13(12-14)17(18,19)20/h3,6,10,13-14H,2,4-5,7-9,11-12H2,1H3,(H2,21,22,23). The van der Waals surface area contributed by atoms with Crippen LogP contribution in [0, 0.1) is 5.92 Å². The predicted octanol–water partition coefficient (Wildman–Crippen LogP) is 3.12. The molecule has 1 fully saturated rings. The summed E-state index contributed by atoms with van der Waals surface area (Å²) < 4.78 is 49.1. The van der Waals surface area contributed by atoms with Crippen molar-refractivity contribution in [1.82, 2.24) is 10.6 Å². The van der Waals surface area contributed by atoms with Gasteiger partial charge in [0.2, 0.25) is 0 Å². The van der Waals surface area contributed by atoms with Gasteiger partial charge in [0.15, 0.2) is 5.96 Å². The highest BCUT2D eigenvalue weighted by molar-refractivity contribution is 5.80. The van der Waals surface area contributed by atoms with Crippen LogP contribution in [0.4, 0.5) is 13.2 Å². The molecule has 0 spiro atoms. The van der Waals surface area contributed by atoms with Crippen LogP contribution in [0.5, 0.6) is 0 Å². The number of nitrogens with one attached hydrogen (secondary N) is 2. The van der Waals surface area contributed by atoms with Gasteiger partial charge in [0.25, 0.3) is 0 Å². The summed E-state index contributed by atoms with van der Waals surface area (Å²) in [6, 6.07) is 3.48. The first-order chi connectivity index (χ1) is 12.0. The molecule has 0 aromatic carbocycles. The third kappa shape index (κ3) is 6.97. The maximum Gasteiger partial charge on any atom is 0.391 e. The van der Waals surface area contributed by atoms with Gasteiger partial charge in [0.1, 0.15) is 5.76 Å². The smallest absolute Gasteiger partial charge is 0.391 e. The van der Waals surface area contributed by atoms with E-state index >= 15 is 0 Å². The minimum Gasteiger partial charge on any atom is -0.469 e. The van der Waals surface area contributed by atoms with Crippen LogP contribution < -0.4 is 10.6 Å². The van der Waals surface area contributed by atoms with Crippen LogP contribution in [0.1, 0.15) is 31.4 Å². The van der Waals surface area contributed by atoms with E-state index in [0.29, 0.717) is 38.5 Å². The summed E-state index contributed by atoms with van der Waals surface area (Å²) in [6.07, 6.45) is -0.250. The summed E-state index contributed by atoms with van der Waals surface area (Å²) in [4.78, 5) is 4.37. The second-order valence-corrected chi connectivity index (χ2v) is 6.23. The third-order valence-electron chi connectivity index (χ3n) is 4.29. The topological polar surface area (TPSA) is 58.8 Å². The van der Waals surface area contributed by atoms with Crippen molar-refractivity contribution < 1.29 is 22.3 Å². The van der Waals surface area contributed by atoms with Gasteiger partial charge < -0.3 is 19.8 Å². The van der Waals surface area contributed by atoms with E-state index in [0.717, 1.165) is 12.2 Å². The van der Waals surface area contributed by atoms with E-state index in [1.807, 2.05) is 12.1 Å². The number of alkyl halides is 3. The third-order valence-corrected chi connectivity index (χ3v) is 4.29. The minimum absolute atomic E-state index is 0.0899. The zero-order valence-corrected chi connectivity index (χ0v) is 14.4. The molecule has 25 heavy (non-hydrogen) atoms. The maximum atomic E-state index is 13.0.